The topological polar surface area (TPSA) is 39.2 Å². The third-order valence-electron chi connectivity index (χ3n) is 3.30. The number of benzene rings is 2. The Morgan fingerprint density at radius 1 is 1.10 bits per heavy atom. The minimum absolute atomic E-state index is 0.0907. The summed E-state index contributed by atoms with van der Waals surface area (Å²) < 4.78 is 5.91. The number of hydrogen-bond donors (Lipinski definition) is 1. The van der Waals surface area contributed by atoms with E-state index in [0.717, 1.165) is 28.0 Å². The van der Waals surface area contributed by atoms with Crippen molar-refractivity contribution in [1.29, 1.82) is 0 Å². The van der Waals surface area contributed by atoms with Crippen LogP contribution in [0.5, 0.6) is 0 Å². The molecule has 1 unspecified atom stereocenters. The van der Waals surface area contributed by atoms with E-state index in [2.05, 4.69) is 37.3 Å². The second-order valence-electron chi connectivity index (χ2n) is 4.87. The standard InChI is InChI=1S/C17H17NOS/c1-12-6-5-7-13-10-16(19-17(12)13)15(18)11-20-14-8-3-2-4-9-14/h2-10,15H,11,18H2,1H3. The molecule has 0 bridgehead atoms. The van der Waals surface area contributed by atoms with E-state index < -0.39 is 0 Å². The summed E-state index contributed by atoms with van der Waals surface area (Å²) in [5.41, 5.74) is 8.34. The zero-order valence-corrected chi connectivity index (χ0v) is 12.2. The smallest absolute Gasteiger partial charge is 0.137 e. The average Bonchev–Trinajstić information content (AvgIpc) is 2.91. The van der Waals surface area contributed by atoms with E-state index in [9.17, 15) is 0 Å². The van der Waals surface area contributed by atoms with Crippen LogP contribution in [0.3, 0.4) is 0 Å². The molecule has 1 aromatic heterocycles. The molecule has 2 N–H and O–H groups in total. The predicted octanol–water partition coefficient (Wildman–Crippen LogP) is 4.53. The molecule has 3 rings (SSSR count). The predicted molar refractivity (Wildman–Crippen MR) is 85.0 cm³/mol. The van der Waals surface area contributed by atoms with Crippen molar-refractivity contribution in [2.45, 2.75) is 17.9 Å². The lowest BCUT2D eigenvalue weighted by Crippen LogP contribution is -2.11. The van der Waals surface area contributed by atoms with Crippen molar-refractivity contribution in [3.8, 4) is 0 Å². The lowest BCUT2D eigenvalue weighted by atomic mass is 10.1. The van der Waals surface area contributed by atoms with Crippen molar-refractivity contribution in [2.75, 3.05) is 5.75 Å². The number of thioether (sulfide) groups is 1. The van der Waals surface area contributed by atoms with Crippen LogP contribution in [0, 0.1) is 6.92 Å². The summed E-state index contributed by atoms with van der Waals surface area (Å²) >= 11 is 1.75. The molecule has 1 atom stereocenters. The van der Waals surface area contributed by atoms with Crippen molar-refractivity contribution in [3.63, 3.8) is 0 Å². The Balaban J connectivity index is 1.75. The third kappa shape index (κ3) is 2.74. The van der Waals surface area contributed by atoms with Gasteiger partial charge in [0, 0.05) is 16.0 Å². The Morgan fingerprint density at radius 3 is 2.65 bits per heavy atom. The summed E-state index contributed by atoms with van der Waals surface area (Å²) in [6.45, 7) is 2.06. The second kappa shape index (κ2) is 5.73. The largest absolute Gasteiger partial charge is 0.459 e. The SMILES string of the molecule is Cc1cccc2cc(C(N)CSc3ccccc3)oc12. The molecule has 0 aliphatic heterocycles. The Morgan fingerprint density at radius 2 is 1.90 bits per heavy atom. The number of hydrogen-bond acceptors (Lipinski definition) is 3. The molecule has 0 fully saturated rings. The van der Waals surface area contributed by atoms with Crippen LogP contribution in [0.2, 0.25) is 0 Å². The molecule has 0 aliphatic rings. The number of nitrogens with two attached hydrogens (primary N) is 1. The summed E-state index contributed by atoms with van der Waals surface area (Å²) in [6.07, 6.45) is 0. The lowest BCUT2D eigenvalue weighted by molar-refractivity contribution is 0.514. The van der Waals surface area contributed by atoms with Crippen LogP contribution < -0.4 is 5.73 Å². The summed E-state index contributed by atoms with van der Waals surface area (Å²) in [7, 11) is 0. The zero-order valence-electron chi connectivity index (χ0n) is 11.4. The van der Waals surface area contributed by atoms with E-state index in [1.807, 2.05) is 24.3 Å². The molecule has 0 saturated carbocycles. The van der Waals surface area contributed by atoms with Crippen molar-refractivity contribution < 1.29 is 4.42 Å². The van der Waals surface area contributed by atoms with Crippen LogP contribution in [0.25, 0.3) is 11.0 Å². The number of aryl methyl sites for hydroxylation is 1. The fourth-order valence-electron chi connectivity index (χ4n) is 2.20. The van der Waals surface area contributed by atoms with Gasteiger partial charge in [-0.25, -0.2) is 0 Å². The zero-order chi connectivity index (χ0) is 13.9. The maximum Gasteiger partial charge on any atom is 0.137 e. The number of furan rings is 1. The number of para-hydroxylation sites is 1. The maximum absolute atomic E-state index is 6.24. The number of fused-ring (bicyclic) bond motifs is 1. The Kier molecular flexibility index (Phi) is 3.81. The molecule has 0 aliphatic carbocycles. The van der Waals surface area contributed by atoms with Crippen LogP contribution in [0.4, 0.5) is 0 Å². The molecule has 2 aromatic carbocycles. The van der Waals surface area contributed by atoms with Gasteiger partial charge in [-0.3, -0.25) is 0 Å². The van der Waals surface area contributed by atoms with Gasteiger partial charge in [0.25, 0.3) is 0 Å². The fraction of sp³-hybridized carbons (Fsp3) is 0.176. The van der Waals surface area contributed by atoms with E-state index in [-0.39, 0.29) is 6.04 Å². The monoisotopic (exact) mass is 283 g/mol. The van der Waals surface area contributed by atoms with Gasteiger partial charge >= 0.3 is 0 Å². The molecule has 3 heteroatoms. The highest BCUT2D eigenvalue weighted by atomic mass is 32.2. The average molecular weight is 283 g/mol. The van der Waals surface area contributed by atoms with Crippen molar-refractivity contribution in [3.05, 3.63) is 65.9 Å². The Bertz CT molecular complexity index is 705. The first-order chi connectivity index (χ1) is 9.74. The molecular formula is C17H17NOS. The van der Waals surface area contributed by atoms with Crippen molar-refractivity contribution >= 4 is 22.7 Å². The van der Waals surface area contributed by atoms with Gasteiger partial charge in [0.15, 0.2) is 0 Å². The lowest BCUT2D eigenvalue weighted by Gasteiger charge is -2.08. The molecule has 0 radical (unpaired) electrons. The van der Waals surface area contributed by atoms with Gasteiger partial charge in [-0.2, -0.15) is 0 Å². The molecule has 3 aromatic rings. The molecule has 0 saturated heterocycles. The van der Waals surface area contributed by atoms with Gasteiger partial charge in [-0.1, -0.05) is 36.4 Å². The van der Waals surface area contributed by atoms with E-state index in [0.29, 0.717) is 0 Å². The normalized spacial score (nSPS) is 12.7. The fourth-order valence-corrected chi connectivity index (χ4v) is 3.08. The molecular weight excluding hydrogens is 266 g/mol. The maximum atomic E-state index is 6.24. The highest BCUT2D eigenvalue weighted by Crippen LogP contribution is 2.28. The summed E-state index contributed by atoms with van der Waals surface area (Å²) in [5, 5.41) is 1.13. The van der Waals surface area contributed by atoms with E-state index in [1.165, 1.54) is 4.90 Å². The molecule has 0 amide bonds. The van der Waals surface area contributed by atoms with E-state index in [4.69, 9.17) is 10.2 Å². The summed E-state index contributed by atoms with van der Waals surface area (Å²) in [6, 6.07) is 18.4. The Hall–Kier alpha value is -1.71. The molecule has 0 spiro atoms. The van der Waals surface area contributed by atoms with Gasteiger partial charge in [0.05, 0.1) is 6.04 Å². The van der Waals surface area contributed by atoms with Gasteiger partial charge < -0.3 is 10.2 Å². The van der Waals surface area contributed by atoms with Gasteiger partial charge in [-0.05, 0) is 30.7 Å². The second-order valence-corrected chi connectivity index (χ2v) is 5.97. The number of rotatable bonds is 4. The van der Waals surface area contributed by atoms with Gasteiger partial charge in [0.1, 0.15) is 11.3 Å². The van der Waals surface area contributed by atoms with Crippen molar-refractivity contribution in [2.24, 2.45) is 5.73 Å². The van der Waals surface area contributed by atoms with Crippen LogP contribution in [0.15, 0.2) is 63.9 Å². The van der Waals surface area contributed by atoms with E-state index in [1.54, 1.807) is 11.8 Å². The minimum Gasteiger partial charge on any atom is -0.459 e. The van der Waals surface area contributed by atoms with E-state index >= 15 is 0 Å². The molecule has 20 heavy (non-hydrogen) atoms. The molecule has 102 valence electrons. The molecule has 2 nitrogen and oxygen atoms in total. The highest BCUT2D eigenvalue weighted by molar-refractivity contribution is 7.99. The summed E-state index contributed by atoms with van der Waals surface area (Å²) in [4.78, 5) is 1.23. The molecule has 1 heterocycles. The first-order valence-electron chi connectivity index (χ1n) is 6.66. The highest BCUT2D eigenvalue weighted by Gasteiger charge is 2.13. The van der Waals surface area contributed by atoms with Crippen LogP contribution >= 0.6 is 11.8 Å². The first-order valence-corrected chi connectivity index (χ1v) is 7.65. The van der Waals surface area contributed by atoms with Crippen LogP contribution in [0.1, 0.15) is 17.4 Å². The van der Waals surface area contributed by atoms with Gasteiger partial charge in [-0.15, -0.1) is 11.8 Å². The third-order valence-corrected chi connectivity index (χ3v) is 4.43. The van der Waals surface area contributed by atoms with Crippen LogP contribution in [-0.2, 0) is 0 Å². The summed E-state index contributed by atoms with van der Waals surface area (Å²) in [5.74, 6) is 1.67. The van der Waals surface area contributed by atoms with Crippen LogP contribution in [-0.4, -0.2) is 5.75 Å². The quantitative estimate of drug-likeness (QED) is 0.715. The van der Waals surface area contributed by atoms with Crippen molar-refractivity contribution in [1.82, 2.24) is 0 Å². The first kappa shape index (κ1) is 13.3. The Labute approximate surface area is 123 Å². The minimum atomic E-state index is -0.0907. The van der Waals surface area contributed by atoms with Gasteiger partial charge in [0.2, 0.25) is 0 Å².